The molecule has 0 aromatic carbocycles. The van der Waals surface area contributed by atoms with Gasteiger partial charge in [-0.15, -0.1) is 11.3 Å². The maximum atomic E-state index is 11.2. The molecule has 1 saturated heterocycles. The number of piperazine rings is 1. The molecule has 1 aliphatic heterocycles. The summed E-state index contributed by atoms with van der Waals surface area (Å²) in [6, 6.07) is 1.52. The van der Waals surface area contributed by atoms with Gasteiger partial charge in [0, 0.05) is 43.7 Å². The van der Waals surface area contributed by atoms with Crippen LogP contribution in [-0.2, 0) is 0 Å². The first-order valence-electron chi connectivity index (χ1n) is 7.48. The Morgan fingerprint density at radius 1 is 1.43 bits per heavy atom. The highest BCUT2D eigenvalue weighted by Crippen LogP contribution is 2.40. The molecule has 1 aliphatic carbocycles. The van der Waals surface area contributed by atoms with E-state index in [1.165, 1.54) is 36.8 Å². The van der Waals surface area contributed by atoms with Crippen molar-refractivity contribution in [1.82, 2.24) is 4.90 Å². The molecule has 6 nitrogen and oxygen atoms in total. The fraction of sp³-hybridized carbons (Fsp3) is 0.714. The summed E-state index contributed by atoms with van der Waals surface area (Å²) in [4.78, 5) is 16.1. The lowest BCUT2D eigenvalue weighted by Crippen LogP contribution is -2.46. The molecule has 1 saturated carbocycles. The summed E-state index contributed by atoms with van der Waals surface area (Å²) in [5, 5.41) is 21.6. The summed E-state index contributed by atoms with van der Waals surface area (Å²) in [5.74, 6) is 0.884. The highest BCUT2D eigenvalue weighted by molar-refractivity contribution is 7.16. The van der Waals surface area contributed by atoms with E-state index in [-0.39, 0.29) is 10.6 Å². The van der Waals surface area contributed by atoms with Gasteiger partial charge in [0.15, 0.2) is 5.00 Å². The fourth-order valence-electron chi connectivity index (χ4n) is 2.75. The Kier molecular flexibility index (Phi) is 4.14. The molecular formula is C14H21N3O3S. The maximum absolute atomic E-state index is 11.2. The summed E-state index contributed by atoms with van der Waals surface area (Å²) in [6.45, 7) is 6.41. The fourth-order valence-corrected chi connectivity index (χ4v) is 3.87. The van der Waals surface area contributed by atoms with Crippen LogP contribution in [0, 0.1) is 16.0 Å². The van der Waals surface area contributed by atoms with E-state index in [0.717, 1.165) is 32.1 Å². The summed E-state index contributed by atoms with van der Waals surface area (Å²) < 4.78 is 0. The first-order chi connectivity index (χ1) is 10.0. The van der Waals surface area contributed by atoms with E-state index >= 15 is 0 Å². The Labute approximate surface area is 128 Å². The monoisotopic (exact) mass is 311 g/mol. The topological polar surface area (TPSA) is 69.8 Å². The highest BCUT2D eigenvalue weighted by atomic mass is 32.1. The second kappa shape index (κ2) is 5.90. The quantitative estimate of drug-likeness (QED) is 0.667. The maximum Gasteiger partial charge on any atom is 0.304 e. The lowest BCUT2D eigenvalue weighted by atomic mass is 10.2. The molecule has 21 heavy (non-hydrogen) atoms. The second-order valence-electron chi connectivity index (χ2n) is 6.00. The number of nitro groups is 1. The molecule has 116 valence electrons. The van der Waals surface area contributed by atoms with Gasteiger partial charge in [-0.1, -0.05) is 0 Å². The van der Waals surface area contributed by atoms with Gasteiger partial charge in [0.05, 0.1) is 11.0 Å². The molecule has 2 fully saturated rings. The van der Waals surface area contributed by atoms with Gasteiger partial charge in [-0.3, -0.25) is 15.0 Å². The van der Waals surface area contributed by atoms with Gasteiger partial charge in [0.25, 0.3) is 0 Å². The normalized spacial score (nSPS) is 21.5. The van der Waals surface area contributed by atoms with Gasteiger partial charge < -0.3 is 10.0 Å². The van der Waals surface area contributed by atoms with Crippen molar-refractivity contribution in [2.24, 2.45) is 5.92 Å². The zero-order valence-corrected chi connectivity index (χ0v) is 13.0. The third kappa shape index (κ3) is 3.36. The molecule has 0 bridgehead atoms. The number of thiophene rings is 1. The lowest BCUT2D eigenvalue weighted by molar-refractivity contribution is -0.383. The first kappa shape index (κ1) is 14.7. The number of aliphatic hydroxyl groups excluding tert-OH is 1. The van der Waals surface area contributed by atoms with E-state index in [1.807, 2.05) is 0 Å². The number of anilines is 1. The second-order valence-corrected chi connectivity index (χ2v) is 7.07. The molecule has 7 heteroatoms. The Bertz CT molecular complexity index is 520. The minimum absolute atomic E-state index is 0.131. The molecule has 1 atom stereocenters. The van der Waals surface area contributed by atoms with E-state index in [0.29, 0.717) is 9.88 Å². The predicted octanol–water partition coefficient (Wildman–Crippen LogP) is 2.24. The van der Waals surface area contributed by atoms with Crippen LogP contribution in [0.25, 0.3) is 0 Å². The Morgan fingerprint density at radius 3 is 2.62 bits per heavy atom. The van der Waals surface area contributed by atoms with E-state index < -0.39 is 6.10 Å². The molecule has 1 N–H and O–H groups in total. The van der Waals surface area contributed by atoms with Crippen LogP contribution in [0.4, 0.5) is 10.7 Å². The summed E-state index contributed by atoms with van der Waals surface area (Å²) in [5.41, 5.74) is 0.131. The Morgan fingerprint density at radius 2 is 2.10 bits per heavy atom. The smallest absolute Gasteiger partial charge is 0.304 e. The van der Waals surface area contributed by atoms with Gasteiger partial charge in [0.2, 0.25) is 0 Å². The average Bonchev–Trinajstić information content (AvgIpc) is 3.14. The van der Waals surface area contributed by atoms with Crippen LogP contribution in [0.15, 0.2) is 6.07 Å². The van der Waals surface area contributed by atoms with E-state index in [2.05, 4.69) is 9.80 Å². The van der Waals surface area contributed by atoms with Crippen molar-refractivity contribution in [2.45, 2.75) is 25.9 Å². The van der Waals surface area contributed by atoms with E-state index in [9.17, 15) is 15.2 Å². The molecule has 2 heterocycles. The molecular weight excluding hydrogens is 290 g/mol. The molecule has 0 radical (unpaired) electrons. The standard InChI is InChI=1S/C14H21N3O3S/c1-10(18)13-8-12(17(19)20)14(21-13)16-6-4-15(5-7-16)9-11-2-3-11/h8,10-11,18H,2-7,9H2,1H3/t10-/m0/s1. The largest absolute Gasteiger partial charge is 0.388 e. The summed E-state index contributed by atoms with van der Waals surface area (Å²) in [6.07, 6.45) is 2.06. The van der Waals surface area contributed by atoms with Gasteiger partial charge in [0.1, 0.15) is 0 Å². The molecule has 3 rings (SSSR count). The number of hydrogen-bond donors (Lipinski definition) is 1. The molecule has 0 amide bonds. The zero-order valence-electron chi connectivity index (χ0n) is 12.2. The molecule has 1 aromatic heterocycles. The van der Waals surface area contributed by atoms with Crippen LogP contribution < -0.4 is 4.90 Å². The summed E-state index contributed by atoms with van der Waals surface area (Å²) >= 11 is 1.35. The van der Waals surface area contributed by atoms with Gasteiger partial charge in [-0.25, -0.2) is 0 Å². The summed E-state index contributed by atoms with van der Waals surface area (Å²) in [7, 11) is 0. The van der Waals surface area contributed by atoms with Crippen molar-refractivity contribution in [3.8, 4) is 0 Å². The minimum atomic E-state index is -0.654. The van der Waals surface area contributed by atoms with Crippen molar-refractivity contribution in [1.29, 1.82) is 0 Å². The minimum Gasteiger partial charge on any atom is -0.388 e. The van der Waals surface area contributed by atoms with Crippen LogP contribution >= 0.6 is 11.3 Å². The number of hydrogen-bond acceptors (Lipinski definition) is 6. The number of aliphatic hydroxyl groups is 1. The van der Waals surface area contributed by atoms with Crippen molar-refractivity contribution in [2.75, 3.05) is 37.6 Å². The predicted molar refractivity (Wildman–Crippen MR) is 83.0 cm³/mol. The molecule has 0 spiro atoms. The third-order valence-electron chi connectivity index (χ3n) is 4.19. The van der Waals surface area contributed by atoms with Crippen LogP contribution in [0.3, 0.4) is 0 Å². The van der Waals surface area contributed by atoms with Crippen LogP contribution in [0.2, 0.25) is 0 Å². The first-order valence-corrected chi connectivity index (χ1v) is 8.29. The lowest BCUT2D eigenvalue weighted by Gasteiger charge is -2.35. The van der Waals surface area contributed by atoms with Crippen molar-refractivity contribution >= 4 is 22.0 Å². The van der Waals surface area contributed by atoms with Crippen molar-refractivity contribution in [3.05, 3.63) is 21.1 Å². The number of rotatable bonds is 5. The molecule has 2 aliphatic rings. The van der Waals surface area contributed by atoms with Gasteiger partial charge in [-0.05, 0) is 25.7 Å². The SMILES string of the molecule is C[C@H](O)c1cc([N+](=O)[O-])c(N2CCN(CC3CC3)CC2)s1. The van der Waals surface area contributed by atoms with Gasteiger partial charge in [-0.2, -0.15) is 0 Å². The van der Waals surface area contributed by atoms with Gasteiger partial charge >= 0.3 is 5.69 Å². The zero-order chi connectivity index (χ0) is 15.0. The van der Waals surface area contributed by atoms with Crippen molar-refractivity contribution < 1.29 is 10.0 Å². The number of nitrogens with zero attached hydrogens (tertiary/aromatic N) is 3. The van der Waals surface area contributed by atoms with E-state index in [1.54, 1.807) is 6.92 Å². The molecule has 0 unspecified atom stereocenters. The highest BCUT2D eigenvalue weighted by Gasteiger charge is 2.30. The van der Waals surface area contributed by atoms with Crippen LogP contribution in [0.1, 0.15) is 30.7 Å². The van der Waals surface area contributed by atoms with Crippen molar-refractivity contribution in [3.63, 3.8) is 0 Å². The van der Waals surface area contributed by atoms with E-state index in [4.69, 9.17) is 0 Å². The van der Waals surface area contributed by atoms with Crippen LogP contribution in [0.5, 0.6) is 0 Å². The Hall–Kier alpha value is -1.18. The Balaban J connectivity index is 1.69. The third-order valence-corrected chi connectivity index (χ3v) is 5.55. The molecule has 1 aromatic rings. The average molecular weight is 311 g/mol. The van der Waals surface area contributed by atoms with Crippen LogP contribution in [-0.4, -0.2) is 47.7 Å².